The van der Waals surface area contributed by atoms with Gasteiger partial charge in [-0.05, 0) is 25.7 Å². The van der Waals surface area contributed by atoms with E-state index in [1.54, 1.807) is 0 Å². The number of hydrogen-bond donors (Lipinski definition) is 1. The van der Waals surface area contributed by atoms with Crippen LogP contribution in [0, 0.1) is 0 Å². The van der Waals surface area contributed by atoms with E-state index < -0.39 is 0 Å². The fourth-order valence-electron chi connectivity index (χ4n) is 5.53. The van der Waals surface area contributed by atoms with Crippen LogP contribution in [-0.2, 0) is 14.3 Å². The topological polar surface area (TPSA) is 63.6 Å². The van der Waals surface area contributed by atoms with Gasteiger partial charge in [-0.3, -0.25) is 9.59 Å². The number of rotatable bonds is 32. The van der Waals surface area contributed by atoms with E-state index in [-0.39, 0.29) is 18.0 Å². The molecule has 0 bridgehead atoms. The van der Waals surface area contributed by atoms with Gasteiger partial charge in [0.25, 0.3) is 0 Å². The average Bonchev–Trinajstić information content (AvgIpc) is 2.94. The smallest absolute Gasteiger partial charge is 0.313 e. The summed E-state index contributed by atoms with van der Waals surface area (Å²) in [4.78, 5) is 23.8. The van der Waals surface area contributed by atoms with E-state index >= 15 is 0 Å². The van der Waals surface area contributed by atoms with Crippen molar-refractivity contribution < 1.29 is 19.4 Å². The molecule has 40 heavy (non-hydrogen) atoms. The number of aliphatic hydroxyl groups excluding tert-OH is 1. The van der Waals surface area contributed by atoms with Gasteiger partial charge in [0.2, 0.25) is 0 Å². The van der Waals surface area contributed by atoms with E-state index in [9.17, 15) is 14.7 Å². The second-order valence-corrected chi connectivity index (χ2v) is 12.4. The van der Waals surface area contributed by atoms with Gasteiger partial charge in [0.1, 0.15) is 0 Å². The molecule has 0 rings (SSSR count). The molecule has 0 fully saturated rings. The maximum atomic E-state index is 11.9. The fourth-order valence-corrected chi connectivity index (χ4v) is 5.53. The lowest BCUT2D eigenvalue weighted by molar-refractivity contribution is -0.159. The molecule has 4 nitrogen and oxygen atoms in total. The third kappa shape index (κ3) is 31.6. The lowest BCUT2D eigenvalue weighted by Gasteiger charge is -2.10. The highest BCUT2D eigenvalue weighted by Gasteiger charge is 2.10. The maximum Gasteiger partial charge on any atom is 0.313 e. The Morgan fingerprint density at radius 3 is 0.975 bits per heavy atom. The number of hydrogen-bond acceptors (Lipinski definition) is 4. The van der Waals surface area contributed by atoms with E-state index in [1.807, 2.05) is 0 Å². The van der Waals surface area contributed by atoms with Gasteiger partial charge in [-0.15, -0.1) is 0 Å². The third-order valence-electron chi connectivity index (χ3n) is 8.27. The summed E-state index contributed by atoms with van der Waals surface area (Å²) in [5, 5.41) is 10.2. The first-order valence-electron chi connectivity index (χ1n) is 18.0. The van der Waals surface area contributed by atoms with Gasteiger partial charge in [-0.25, -0.2) is 0 Å². The zero-order chi connectivity index (χ0) is 29.4. The zero-order valence-corrected chi connectivity index (χ0v) is 27.2. The minimum atomic E-state index is -0.374. The van der Waals surface area contributed by atoms with Crippen LogP contribution in [0.1, 0.15) is 213 Å². The normalized spacial score (nSPS) is 12.1. The van der Waals surface area contributed by atoms with Gasteiger partial charge < -0.3 is 9.84 Å². The van der Waals surface area contributed by atoms with Gasteiger partial charge in [0, 0.05) is 12.8 Å². The van der Waals surface area contributed by atoms with Crippen molar-refractivity contribution in [2.75, 3.05) is 0 Å². The highest BCUT2D eigenvalue weighted by molar-refractivity contribution is 5.85. The van der Waals surface area contributed by atoms with Gasteiger partial charge >= 0.3 is 11.9 Å². The van der Waals surface area contributed by atoms with Crippen LogP contribution in [0.3, 0.4) is 0 Å². The molecule has 0 radical (unpaired) electrons. The van der Waals surface area contributed by atoms with E-state index in [1.165, 1.54) is 128 Å². The van der Waals surface area contributed by atoms with Crippen molar-refractivity contribution in [1.29, 1.82) is 0 Å². The van der Waals surface area contributed by atoms with Crippen LogP contribution < -0.4 is 0 Å². The van der Waals surface area contributed by atoms with Crippen molar-refractivity contribution in [3.8, 4) is 0 Å². The van der Waals surface area contributed by atoms with Crippen molar-refractivity contribution in [2.24, 2.45) is 0 Å². The van der Waals surface area contributed by atoms with Crippen molar-refractivity contribution in [3.63, 3.8) is 0 Å². The molecule has 0 aromatic carbocycles. The Morgan fingerprint density at radius 2 is 0.675 bits per heavy atom. The SMILES string of the molecule is CCCCCCCCCCCCCCCCCC(=O)OC(=O)CCCCCCC(O)CCCCCCCCCC. The summed E-state index contributed by atoms with van der Waals surface area (Å²) in [5.41, 5.74) is 0. The standard InChI is InChI=1S/C36H70O4/c1-3-5-7-9-11-13-14-15-16-17-18-19-21-23-28-32-35(38)40-36(39)33-29-25-24-27-31-34(37)30-26-22-20-12-10-8-6-4-2/h34,37H,3-33H2,1-2H3. The number of aliphatic hydroxyl groups is 1. The van der Waals surface area contributed by atoms with Gasteiger partial charge in [-0.2, -0.15) is 0 Å². The molecule has 0 aliphatic rings. The summed E-state index contributed by atoms with van der Waals surface area (Å²) in [5.74, 6) is -0.732. The molecule has 0 aliphatic heterocycles. The number of carbonyl (C=O) groups excluding carboxylic acids is 2. The van der Waals surface area contributed by atoms with Crippen molar-refractivity contribution in [3.05, 3.63) is 0 Å². The third-order valence-corrected chi connectivity index (χ3v) is 8.27. The molecule has 0 aliphatic carbocycles. The Bertz CT molecular complexity index is 533. The molecule has 4 heteroatoms. The van der Waals surface area contributed by atoms with E-state index in [0.717, 1.165) is 57.8 Å². The first kappa shape index (κ1) is 39.1. The first-order chi connectivity index (χ1) is 19.6. The number of carbonyl (C=O) groups is 2. The molecule has 1 atom stereocenters. The quantitative estimate of drug-likeness (QED) is 0.0499. The lowest BCUT2D eigenvalue weighted by Crippen LogP contribution is -2.11. The molecule has 0 amide bonds. The minimum absolute atomic E-state index is 0.178. The highest BCUT2D eigenvalue weighted by Crippen LogP contribution is 2.16. The van der Waals surface area contributed by atoms with Gasteiger partial charge in [0.15, 0.2) is 0 Å². The second kappa shape index (κ2) is 32.6. The molecule has 0 aromatic heterocycles. The number of ether oxygens (including phenoxy) is 1. The Kier molecular flexibility index (Phi) is 31.9. The largest absolute Gasteiger partial charge is 0.393 e. The summed E-state index contributed by atoms with van der Waals surface area (Å²) < 4.78 is 4.99. The predicted molar refractivity (Wildman–Crippen MR) is 172 cm³/mol. The van der Waals surface area contributed by atoms with Crippen molar-refractivity contribution in [1.82, 2.24) is 0 Å². The molecule has 0 saturated carbocycles. The number of unbranched alkanes of at least 4 members (excludes halogenated alkanes) is 24. The van der Waals surface area contributed by atoms with Gasteiger partial charge in [0.05, 0.1) is 6.10 Å². The fraction of sp³-hybridized carbons (Fsp3) is 0.944. The molecule has 1 N–H and O–H groups in total. The van der Waals surface area contributed by atoms with E-state index in [4.69, 9.17) is 4.74 Å². The van der Waals surface area contributed by atoms with Crippen LogP contribution in [0.25, 0.3) is 0 Å². The Hall–Kier alpha value is -0.900. The van der Waals surface area contributed by atoms with Crippen LogP contribution >= 0.6 is 0 Å². The average molecular weight is 567 g/mol. The summed E-state index contributed by atoms with van der Waals surface area (Å²) >= 11 is 0. The summed E-state index contributed by atoms with van der Waals surface area (Å²) in [6.45, 7) is 4.52. The Labute approximate surface area is 250 Å². The van der Waals surface area contributed by atoms with Gasteiger partial charge in [-0.1, -0.05) is 174 Å². The highest BCUT2D eigenvalue weighted by atomic mass is 16.6. The predicted octanol–water partition coefficient (Wildman–Crippen LogP) is 11.5. The van der Waals surface area contributed by atoms with Crippen molar-refractivity contribution >= 4 is 11.9 Å². The molecule has 238 valence electrons. The first-order valence-corrected chi connectivity index (χ1v) is 18.0. The van der Waals surface area contributed by atoms with E-state index in [0.29, 0.717) is 12.8 Å². The van der Waals surface area contributed by atoms with Crippen LogP contribution in [-0.4, -0.2) is 23.1 Å². The summed E-state index contributed by atoms with van der Waals surface area (Å²) in [6, 6.07) is 0. The van der Waals surface area contributed by atoms with E-state index in [2.05, 4.69) is 13.8 Å². The lowest BCUT2D eigenvalue weighted by atomic mass is 10.0. The minimum Gasteiger partial charge on any atom is -0.393 e. The monoisotopic (exact) mass is 567 g/mol. The second-order valence-electron chi connectivity index (χ2n) is 12.4. The van der Waals surface area contributed by atoms with Crippen LogP contribution in [0.5, 0.6) is 0 Å². The molecule has 1 unspecified atom stereocenters. The number of esters is 2. The van der Waals surface area contributed by atoms with Crippen LogP contribution in [0.4, 0.5) is 0 Å². The van der Waals surface area contributed by atoms with Crippen molar-refractivity contribution in [2.45, 2.75) is 219 Å². The summed E-state index contributed by atoms with van der Waals surface area (Å²) in [6.07, 6.45) is 35.9. The maximum absolute atomic E-state index is 11.9. The Morgan fingerprint density at radius 1 is 0.425 bits per heavy atom. The van der Waals surface area contributed by atoms with Crippen LogP contribution in [0.2, 0.25) is 0 Å². The molecular formula is C36H70O4. The molecule has 0 aromatic rings. The zero-order valence-electron chi connectivity index (χ0n) is 27.2. The Balaban J connectivity index is 3.37. The molecule has 0 spiro atoms. The molecular weight excluding hydrogens is 496 g/mol. The molecule has 0 heterocycles. The summed E-state index contributed by atoms with van der Waals surface area (Å²) in [7, 11) is 0. The molecule has 0 saturated heterocycles. The van der Waals surface area contributed by atoms with Crippen LogP contribution in [0.15, 0.2) is 0 Å².